The summed E-state index contributed by atoms with van der Waals surface area (Å²) in [4.78, 5) is 12.0. The molecule has 1 aromatic rings. The predicted octanol–water partition coefficient (Wildman–Crippen LogP) is 2.93. The fourth-order valence-corrected chi connectivity index (χ4v) is 1.86. The number of rotatable bonds is 5. The van der Waals surface area contributed by atoms with Gasteiger partial charge in [-0.3, -0.25) is 4.79 Å². The van der Waals surface area contributed by atoms with E-state index in [0.717, 1.165) is 12.6 Å². The summed E-state index contributed by atoms with van der Waals surface area (Å²) in [5.41, 5.74) is -4.24. The summed E-state index contributed by atoms with van der Waals surface area (Å²) in [5.74, 6) is -0.930. The molecule has 1 aromatic carbocycles. The second-order valence-electron chi connectivity index (χ2n) is 5.09. The van der Waals surface area contributed by atoms with E-state index in [4.69, 9.17) is 5.11 Å². The van der Waals surface area contributed by atoms with E-state index in [1.807, 2.05) is 0 Å². The summed E-state index contributed by atoms with van der Waals surface area (Å²) in [6.07, 6.45) is -12.0. The first-order valence-corrected chi connectivity index (χ1v) is 6.52. The minimum absolute atomic E-state index is 0.167. The Morgan fingerprint density at radius 2 is 1.52 bits per heavy atom. The van der Waals surface area contributed by atoms with Gasteiger partial charge in [0.05, 0.1) is 6.54 Å². The van der Waals surface area contributed by atoms with Gasteiger partial charge >= 0.3 is 12.4 Å². The molecule has 0 heterocycles. The lowest BCUT2D eigenvalue weighted by Gasteiger charge is -2.35. The summed E-state index contributed by atoms with van der Waals surface area (Å²) < 4.78 is 75.4. The van der Waals surface area contributed by atoms with Crippen molar-refractivity contribution in [2.75, 3.05) is 13.6 Å². The van der Waals surface area contributed by atoms with Crippen molar-refractivity contribution in [3.8, 4) is 0 Å². The molecule has 0 saturated heterocycles. The minimum Gasteiger partial charge on any atom is -0.372 e. The van der Waals surface area contributed by atoms with Gasteiger partial charge in [0.1, 0.15) is 0 Å². The molecule has 0 aliphatic carbocycles. The molecule has 0 saturated carbocycles. The molecule has 130 valence electrons. The molecule has 0 aliphatic rings. The number of hydrogen-bond donors (Lipinski definition) is 1. The van der Waals surface area contributed by atoms with Gasteiger partial charge in [-0.05, 0) is 12.0 Å². The van der Waals surface area contributed by atoms with Crippen LogP contribution in [-0.2, 0) is 11.2 Å². The molecule has 1 rings (SSSR count). The van der Waals surface area contributed by atoms with Crippen LogP contribution >= 0.6 is 0 Å². The van der Waals surface area contributed by atoms with Crippen LogP contribution in [0.25, 0.3) is 0 Å². The molecule has 0 aromatic heterocycles. The second-order valence-corrected chi connectivity index (χ2v) is 5.09. The molecular formula is C14H15F6NO2. The Morgan fingerprint density at radius 3 is 1.96 bits per heavy atom. The van der Waals surface area contributed by atoms with Crippen LogP contribution in [-0.4, -0.2) is 47.5 Å². The summed E-state index contributed by atoms with van der Waals surface area (Å²) in [6, 6.07) is 8.46. The van der Waals surface area contributed by atoms with Crippen LogP contribution in [0, 0.1) is 0 Å². The monoisotopic (exact) mass is 343 g/mol. The van der Waals surface area contributed by atoms with Crippen LogP contribution in [0.1, 0.15) is 12.0 Å². The number of aryl methyl sites for hydroxylation is 1. The number of amides is 1. The molecule has 0 fully saturated rings. The second kappa shape index (κ2) is 6.77. The third-order valence-electron chi connectivity index (χ3n) is 3.30. The molecule has 0 spiro atoms. The highest BCUT2D eigenvalue weighted by molar-refractivity contribution is 5.76. The summed E-state index contributed by atoms with van der Waals surface area (Å²) in [6.45, 7) is -1.91. The van der Waals surface area contributed by atoms with Crippen LogP contribution in [0.15, 0.2) is 30.3 Å². The number of halogens is 6. The summed E-state index contributed by atoms with van der Waals surface area (Å²) in [7, 11) is 0.787. The third-order valence-corrected chi connectivity index (χ3v) is 3.30. The SMILES string of the molecule is CN(CC(O)(C(F)(F)F)C(F)(F)F)C(=O)CCc1ccccc1. The zero-order valence-electron chi connectivity index (χ0n) is 12.1. The Morgan fingerprint density at radius 1 is 1.04 bits per heavy atom. The van der Waals surface area contributed by atoms with Gasteiger partial charge in [0.15, 0.2) is 0 Å². The van der Waals surface area contributed by atoms with E-state index in [9.17, 15) is 31.1 Å². The summed E-state index contributed by atoms with van der Waals surface area (Å²) in [5, 5.41) is 9.04. The number of likely N-dealkylation sites (N-methyl/N-ethyl adjacent to an activating group) is 1. The Kier molecular flexibility index (Phi) is 5.68. The van der Waals surface area contributed by atoms with Crippen LogP contribution in [0.2, 0.25) is 0 Å². The van der Waals surface area contributed by atoms with Crippen molar-refractivity contribution < 1.29 is 36.2 Å². The molecule has 9 heteroatoms. The van der Waals surface area contributed by atoms with Crippen molar-refractivity contribution >= 4 is 5.91 Å². The summed E-state index contributed by atoms with van der Waals surface area (Å²) >= 11 is 0. The average molecular weight is 343 g/mol. The van der Waals surface area contributed by atoms with Crippen molar-refractivity contribution in [1.29, 1.82) is 0 Å². The average Bonchev–Trinajstić information content (AvgIpc) is 2.43. The van der Waals surface area contributed by atoms with Gasteiger partial charge < -0.3 is 10.0 Å². The van der Waals surface area contributed by atoms with Gasteiger partial charge in [0, 0.05) is 13.5 Å². The molecular weight excluding hydrogens is 328 g/mol. The lowest BCUT2D eigenvalue weighted by molar-refractivity contribution is -0.369. The number of aliphatic hydroxyl groups is 1. The van der Waals surface area contributed by atoms with Crippen molar-refractivity contribution in [1.82, 2.24) is 4.90 Å². The van der Waals surface area contributed by atoms with Crippen LogP contribution < -0.4 is 0 Å². The Balaban J connectivity index is 2.75. The first-order valence-electron chi connectivity index (χ1n) is 6.52. The zero-order chi connectivity index (χ0) is 17.9. The van der Waals surface area contributed by atoms with Crippen molar-refractivity contribution in [2.45, 2.75) is 30.8 Å². The normalized spacial score (nSPS) is 13.0. The number of carbonyl (C=O) groups excluding carboxylic acids is 1. The fourth-order valence-electron chi connectivity index (χ4n) is 1.86. The highest BCUT2D eigenvalue weighted by atomic mass is 19.4. The quantitative estimate of drug-likeness (QED) is 0.835. The standard InChI is InChI=1S/C14H15F6NO2/c1-21(9-12(23,13(15,16)17)14(18,19)20)11(22)8-7-10-5-3-2-4-6-10/h2-6,23H,7-9H2,1H3. The number of nitrogens with zero attached hydrogens (tertiary/aromatic N) is 1. The lowest BCUT2D eigenvalue weighted by Crippen LogP contribution is -2.63. The van der Waals surface area contributed by atoms with E-state index in [1.54, 1.807) is 30.3 Å². The molecule has 1 N–H and O–H groups in total. The fraction of sp³-hybridized carbons (Fsp3) is 0.500. The smallest absolute Gasteiger partial charge is 0.372 e. The van der Waals surface area contributed by atoms with E-state index in [1.165, 1.54) is 0 Å². The number of hydrogen-bond acceptors (Lipinski definition) is 2. The van der Waals surface area contributed by atoms with Gasteiger partial charge in [-0.1, -0.05) is 30.3 Å². The molecule has 3 nitrogen and oxygen atoms in total. The maximum Gasteiger partial charge on any atom is 0.428 e. The number of carbonyl (C=O) groups is 1. The molecule has 0 atom stereocenters. The highest BCUT2D eigenvalue weighted by Crippen LogP contribution is 2.43. The Labute approximate surface area is 128 Å². The number of benzene rings is 1. The molecule has 0 radical (unpaired) electrons. The number of alkyl halides is 6. The topological polar surface area (TPSA) is 40.5 Å². The highest BCUT2D eigenvalue weighted by Gasteiger charge is 2.70. The van der Waals surface area contributed by atoms with Gasteiger partial charge in [0.25, 0.3) is 5.60 Å². The Hall–Kier alpha value is -1.77. The molecule has 0 unspecified atom stereocenters. The predicted molar refractivity (Wildman–Crippen MR) is 69.5 cm³/mol. The van der Waals surface area contributed by atoms with Gasteiger partial charge in [0.2, 0.25) is 5.91 Å². The van der Waals surface area contributed by atoms with E-state index in [0.29, 0.717) is 0 Å². The maximum absolute atomic E-state index is 12.6. The van der Waals surface area contributed by atoms with Gasteiger partial charge in [-0.15, -0.1) is 0 Å². The molecule has 0 aliphatic heterocycles. The largest absolute Gasteiger partial charge is 0.428 e. The molecule has 1 amide bonds. The minimum atomic E-state index is -5.95. The van der Waals surface area contributed by atoms with Crippen LogP contribution in [0.3, 0.4) is 0 Å². The van der Waals surface area contributed by atoms with E-state index >= 15 is 0 Å². The lowest BCUT2D eigenvalue weighted by atomic mass is 10.0. The van der Waals surface area contributed by atoms with Crippen molar-refractivity contribution in [3.05, 3.63) is 35.9 Å². The Bertz CT molecular complexity index is 512. The van der Waals surface area contributed by atoms with Crippen molar-refractivity contribution in [3.63, 3.8) is 0 Å². The first kappa shape index (κ1) is 19.3. The van der Waals surface area contributed by atoms with E-state index < -0.39 is 30.4 Å². The van der Waals surface area contributed by atoms with Crippen molar-refractivity contribution in [2.24, 2.45) is 0 Å². The van der Waals surface area contributed by atoms with Gasteiger partial charge in [-0.25, -0.2) is 0 Å². The van der Waals surface area contributed by atoms with E-state index in [-0.39, 0.29) is 17.7 Å². The van der Waals surface area contributed by atoms with Crippen LogP contribution in [0.5, 0.6) is 0 Å². The van der Waals surface area contributed by atoms with Crippen LogP contribution in [0.4, 0.5) is 26.3 Å². The maximum atomic E-state index is 12.6. The molecule has 23 heavy (non-hydrogen) atoms. The third kappa shape index (κ3) is 4.60. The molecule has 0 bridgehead atoms. The zero-order valence-corrected chi connectivity index (χ0v) is 12.1. The van der Waals surface area contributed by atoms with E-state index in [2.05, 4.69) is 0 Å². The first-order chi connectivity index (χ1) is 10.4. The van der Waals surface area contributed by atoms with Gasteiger partial charge in [-0.2, -0.15) is 26.3 Å².